The average molecular weight is 262 g/mol. The molecule has 3 N–H and O–H groups in total. The number of nitrogens with two attached hydrogens (primary N) is 1. The molecule has 0 aliphatic rings. The van der Waals surface area contributed by atoms with Crippen LogP contribution < -0.4 is 11.3 Å². The molecule has 1 unspecified atom stereocenters. The number of hydrazine groups is 1. The average Bonchev–Trinajstić information content (AvgIpc) is 2.83. The van der Waals surface area contributed by atoms with Crippen LogP contribution >= 0.6 is 11.5 Å². The van der Waals surface area contributed by atoms with Crippen LogP contribution in [-0.4, -0.2) is 9.59 Å². The van der Waals surface area contributed by atoms with Gasteiger partial charge in [0.05, 0.1) is 16.6 Å². The summed E-state index contributed by atoms with van der Waals surface area (Å²) < 4.78 is 4.02. The fourth-order valence-electron chi connectivity index (χ4n) is 1.95. The third-order valence-electron chi connectivity index (χ3n) is 3.21. The van der Waals surface area contributed by atoms with Crippen LogP contribution in [0.3, 0.4) is 0 Å². The fourth-order valence-corrected chi connectivity index (χ4v) is 2.77. The van der Waals surface area contributed by atoms with E-state index in [-0.39, 0.29) is 6.04 Å². The predicted molar refractivity (Wildman–Crippen MR) is 74.4 cm³/mol. The van der Waals surface area contributed by atoms with Crippen molar-refractivity contribution in [1.82, 2.24) is 15.0 Å². The molecule has 1 aromatic heterocycles. The molecule has 18 heavy (non-hydrogen) atoms. The van der Waals surface area contributed by atoms with E-state index in [0.717, 1.165) is 22.6 Å². The topological polar surface area (TPSA) is 63.8 Å². The largest absolute Gasteiger partial charge is 0.271 e. The SMILES string of the molecule is CCc1nnsc1C(NN)c1ccc(C)c(C)c1. The number of hydrogen-bond donors (Lipinski definition) is 2. The van der Waals surface area contributed by atoms with E-state index in [0.29, 0.717) is 0 Å². The van der Waals surface area contributed by atoms with E-state index < -0.39 is 0 Å². The fraction of sp³-hybridized carbons (Fsp3) is 0.385. The molecular weight excluding hydrogens is 244 g/mol. The number of rotatable bonds is 4. The minimum Gasteiger partial charge on any atom is -0.271 e. The number of aryl methyl sites for hydroxylation is 3. The van der Waals surface area contributed by atoms with Crippen molar-refractivity contribution in [2.75, 3.05) is 0 Å². The van der Waals surface area contributed by atoms with Gasteiger partial charge in [-0.05, 0) is 48.5 Å². The highest BCUT2D eigenvalue weighted by Crippen LogP contribution is 2.27. The summed E-state index contributed by atoms with van der Waals surface area (Å²) in [5, 5.41) is 4.14. The minimum absolute atomic E-state index is 0.0285. The van der Waals surface area contributed by atoms with Gasteiger partial charge >= 0.3 is 0 Å². The normalized spacial score (nSPS) is 12.7. The van der Waals surface area contributed by atoms with Gasteiger partial charge in [-0.1, -0.05) is 29.6 Å². The number of nitrogens with zero attached hydrogens (tertiary/aromatic N) is 2. The quantitative estimate of drug-likeness (QED) is 0.655. The summed E-state index contributed by atoms with van der Waals surface area (Å²) in [4.78, 5) is 1.10. The second kappa shape index (κ2) is 5.56. The van der Waals surface area contributed by atoms with Crippen molar-refractivity contribution < 1.29 is 0 Å². The highest BCUT2D eigenvalue weighted by Gasteiger charge is 2.19. The van der Waals surface area contributed by atoms with Crippen molar-refractivity contribution in [2.24, 2.45) is 5.84 Å². The van der Waals surface area contributed by atoms with Crippen LogP contribution in [0.25, 0.3) is 0 Å². The van der Waals surface area contributed by atoms with E-state index in [1.54, 1.807) is 0 Å². The second-order valence-electron chi connectivity index (χ2n) is 4.38. The molecule has 5 heteroatoms. The standard InChI is InChI=1S/C13H18N4S/c1-4-11-13(18-17-16-11)12(15-14)10-6-5-8(2)9(3)7-10/h5-7,12,15H,4,14H2,1-3H3. The number of benzene rings is 1. The molecule has 0 saturated heterocycles. The molecule has 0 fully saturated rings. The monoisotopic (exact) mass is 262 g/mol. The number of hydrogen-bond acceptors (Lipinski definition) is 5. The Bertz CT molecular complexity index is 536. The summed E-state index contributed by atoms with van der Waals surface area (Å²) in [5.41, 5.74) is 7.59. The molecule has 1 atom stereocenters. The molecule has 0 spiro atoms. The molecule has 0 radical (unpaired) electrons. The van der Waals surface area contributed by atoms with Crippen molar-refractivity contribution in [3.8, 4) is 0 Å². The number of aromatic nitrogens is 2. The maximum atomic E-state index is 5.71. The maximum Gasteiger partial charge on any atom is 0.0837 e. The van der Waals surface area contributed by atoms with E-state index in [9.17, 15) is 0 Å². The Morgan fingerprint density at radius 2 is 2.11 bits per heavy atom. The summed E-state index contributed by atoms with van der Waals surface area (Å²) in [6.07, 6.45) is 0.870. The lowest BCUT2D eigenvalue weighted by molar-refractivity contribution is 0.638. The molecular formula is C13H18N4S. The zero-order chi connectivity index (χ0) is 13.1. The van der Waals surface area contributed by atoms with Gasteiger partial charge in [-0.15, -0.1) is 5.10 Å². The van der Waals surface area contributed by atoms with Crippen LogP contribution in [0, 0.1) is 13.8 Å². The molecule has 0 saturated carbocycles. The summed E-state index contributed by atoms with van der Waals surface area (Å²) in [5.74, 6) is 5.71. The maximum absolute atomic E-state index is 5.71. The van der Waals surface area contributed by atoms with Gasteiger partial charge in [0.25, 0.3) is 0 Å². The first kappa shape index (κ1) is 13.1. The van der Waals surface area contributed by atoms with Gasteiger partial charge in [-0.25, -0.2) is 5.43 Å². The molecule has 0 aliphatic carbocycles. The predicted octanol–water partition coefficient (Wildman–Crippen LogP) is 2.27. The second-order valence-corrected chi connectivity index (χ2v) is 5.17. The molecule has 1 heterocycles. The number of nitrogens with one attached hydrogen (secondary N) is 1. The van der Waals surface area contributed by atoms with Crippen molar-refractivity contribution in [1.29, 1.82) is 0 Å². The lowest BCUT2D eigenvalue weighted by atomic mass is 9.99. The van der Waals surface area contributed by atoms with Crippen molar-refractivity contribution in [3.05, 3.63) is 45.5 Å². The Morgan fingerprint density at radius 1 is 1.33 bits per heavy atom. The van der Waals surface area contributed by atoms with Crippen LogP contribution in [0.5, 0.6) is 0 Å². The van der Waals surface area contributed by atoms with Crippen molar-refractivity contribution >= 4 is 11.5 Å². The Labute approximate surface area is 111 Å². The highest BCUT2D eigenvalue weighted by atomic mass is 32.1. The molecule has 2 aromatic rings. The van der Waals surface area contributed by atoms with Gasteiger partial charge in [0, 0.05) is 0 Å². The first-order valence-electron chi connectivity index (χ1n) is 6.01. The zero-order valence-corrected chi connectivity index (χ0v) is 11.7. The van der Waals surface area contributed by atoms with E-state index >= 15 is 0 Å². The zero-order valence-electron chi connectivity index (χ0n) is 10.9. The molecule has 96 valence electrons. The van der Waals surface area contributed by atoms with Gasteiger partial charge in [0.2, 0.25) is 0 Å². The first-order chi connectivity index (χ1) is 8.67. The summed E-state index contributed by atoms with van der Waals surface area (Å²) in [7, 11) is 0. The van der Waals surface area contributed by atoms with Crippen LogP contribution in [0.2, 0.25) is 0 Å². The summed E-state index contributed by atoms with van der Waals surface area (Å²) in [6, 6.07) is 6.36. The lowest BCUT2D eigenvalue weighted by Crippen LogP contribution is -2.29. The smallest absolute Gasteiger partial charge is 0.0837 e. The summed E-state index contributed by atoms with van der Waals surface area (Å²) >= 11 is 1.41. The molecule has 2 rings (SSSR count). The Hall–Kier alpha value is -1.30. The molecule has 1 aromatic carbocycles. The van der Waals surface area contributed by atoms with Crippen LogP contribution in [0.15, 0.2) is 18.2 Å². The van der Waals surface area contributed by atoms with Crippen LogP contribution in [-0.2, 0) is 6.42 Å². The van der Waals surface area contributed by atoms with E-state index in [1.807, 2.05) is 0 Å². The van der Waals surface area contributed by atoms with Gasteiger partial charge in [0.15, 0.2) is 0 Å². The molecule has 0 aliphatic heterocycles. The van der Waals surface area contributed by atoms with Gasteiger partial charge in [-0.2, -0.15) is 0 Å². The van der Waals surface area contributed by atoms with Crippen molar-refractivity contribution in [2.45, 2.75) is 33.2 Å². The first-order valence-corrected chi connectivity index (χ1v) is 6.79. The summed E-state index contributed by atoms with van der Waals surface area (Å²) in [6.45, 7) is 6.29. The van der Waals surface area contributed by atoms with Gasteiger partial charge in [0.1, 0.15) is 0 Å². The highest BCUT2D eigenvalue weighted by molar-refractivity contribution is 7.05. The van der Waals surface area contributed by atoms with E-state index in [4.69, 9.17) is 5.84 Å². The third-order valence-corrected chi connectivity index (χ3v) is 4.04. The van der Waals surface area contributed by atoms with E-state index in [2.05, 4.69) is 54.0 Å². The van der Waals surface area contributed by atoms with Crippen molar-refractivity contribution in [3.63, 3.8) is 0 Å². The Morgan fingerprint density at radius 3 is 2.72 bits per heavy atom. The Balaban J connectivity index is 2.42. The van der Waals surface area contributed by atoms with Crippen LogP contribution in [0.1, 0.15) is 40.2 Å². The Kier molecular flexibility index (Phi) is 4.06. The minimum atomic E-state index is -0.0285. The molecule has 0 bridgehead atoms. The molecule has 4 nitrogen and oxygen atoms in total. The van der Waals surface area contributed by atoms with Gasteiger partial charge in [-0.3, -0.25) is 5.84 Å². The lowest BCUT2D eigenvalue weighted by Gasteiger charge is -2.16. The molecule has 0 amide bonds. The van der Waals surface area contributed by atoms with E-state index in [1.165, 1.54) is 22.7 Å². The third kappa shape index (κ3) is 2.43. The van der Waals surface area contributed by atoms with Gasteiger partial charge < -0.3 is 0 Å². The van der Waals surface area contributed by atoms with Crippen LogP contribution in [0.4, 0.5) is 0 Å².